The number of fused-ring (bicyclic) bond motifs is 1. The molecule has 0 bridgehead atoms. The van der Waals surface area contributed by atoms with Gasteiger partial charge in [-0.3, -0.25) is 4.98 Å². The molecule has 0 N–H and O–H groups in total. The standard InChI is InChI=1S/C20H28BNO/c1-3-4-5-6-7-8-12-18-16(2)20(21-14-15-23)17-11-9-10-13-19(17)22-18/h9-11,13,15,21H,3-8,12,14H2,1-2H3. The van der Waals surface area contributed by atoms with Gasteiger partial charge in [-0.1, -0.05) is 62.7 Å². The van der Waals surface area contributed by atoms with Gasteiger partial charge in [-0.15, -0.1) is 0 Å². The lowest BCUT2D eigenvalue weighted by atomic mass is 9.64. The Kier molecular flexibility index (Phi) is 7.31. The zero-order valence-electron chi connectivity index (χ0n) is 14.6. The number of rotatable bonds is 10. The maximum absolute atomic E-state index is 10.8. The van der Waals surface area contributed by atoms with Crippen molar-refractivity contribution in [2.75, 3.05) is 0 Å². The Morgan fingerprint density at radius 1 is 1.09 bits per heavy atom. The van der Waals surface area contributed by atoms with Gasteiger partial charge in [0.15, 0.2) is 7.28 Å². The zero-order valence-corrected chi connectivity index (χ0v) is 14.6. The Bertz CT molecular complexity index is 639. The predicted molar refractivity (Wildman–Crippen MR) is 101 cm³/mol. The molecule has 1 aromatic carbocycles. The highest BCUT2D eigenvalue weighted by atomic mass is 16.1. The average molecular weight is 309 g/mol. The number of carbonyl (C=O) groups is 1. The third-order valence-corrected chi connectivity index (χ3v) is 4.65. The van der Waals surface area contributed by atoms with Crippen LogP contribution in [0, 0.1) is 6.92 Å². The molecule has 2 nitrogen and oxygen atoms in total. The molecule has 1 heterocycles. The molecule has 0 unspecified atom stereocenters. The van der Waals surface area contributed by atoms with Gasteiger partial charge in [0.25, 0.3) is 0 Å². The first-order valence-corrected chi connectivity index (χ1v) is 9.08. The van der Waals surface area contributed by atoms with Crippen molar-refractivity contribution >= 4 is 29.9 Å². The zero-order chi connectivity index (χ0) is 16.5. The molecule has 0 saturated carbocycles. The van der Waals surface area contributed by atoms with Crippen LogP contribution in [0.4, 0.5) is 0 Å². The van der Waals surface area contributed by atoms with Crippen LogP contribution in [0.1, 0.15) is 56.7 Å². The van der Waals surface area contributed by atoms with Crippen molar-refractivity contribution in [2.45, 2.75) is 65.1 Å². The molecule has 0 amide bonds. The molecule has 0 aliphatic rings. The van der Waals surface area contributed by atoms with E-state index >= 15 is 0 Å². The number of hydrogen-bond donors (Lipinski definition) is 0. The van der Waals surface area contributed by atoms with E-state index in [2.05, 4.69) is 32.0 Å². The van der Waals surface area contributed by atoms with Crippen LogP contribution in [0.5, 0.6) is 0 Å². The summed E-state index contributed by atoms with van der Waals surface area (Å²) >= 11 is 0. The van der Waals surface area contributed by atoms with Gasteiger partial charge in [-0.2, -0.15) is 0 Å². The highest BCUT2D eigenvalue weighted by Crippen LogP contribution is 2.17. The summed E-state index contributed by atoms with van der Waals surface area (Å²) in [6.07, 6.45) is 10.5. The molecule has 0 saturated heterocycles. The van der Waals surface area contributed by atoms with E-state index in [0.717, 1.165) is 25.5 Å². The summed E-state index contributed by atoms with van der Waals surface area (Å²) in [6, 6.07) is 8.32. The van der Waals surface area contributed by atoms with E-state index in [1.54, 1.807) is 0 Å². The molecule has 122 valence electrons. The minimum Gasteiger partial charge on any atom is -0.304 e. The molecule has 2 rings (SSSR count). The number of benzene rings is 1. The predicted octanol–water partition coefficient (Wildman–Crippen LogP) is 4.13. The van der Waals surface area contributed by atoms with Crippen molar-refractivity contribution < 1.29 is 4.79 Å². The highest BCUT2D eigenvalue weighted by Gasteiger charge is 2.11. The summed E-state index contributed by atoms with van der Waals surface area (Å²) < 4.78 is 0. The lowest BCUT2D eigenvalue weighted by Crippen LogP contribution is -2.22. The number of aldehydes is 1. The van der Waals surface area contributed by atoms with E-state index in [1.165, 1.54) is 60.6 Å². The summed E-state index contributed by atoms with van der Waals surface area (Å²) in [5.41, 5.74) is 4.89. The molecule has 0 fully saturated rings. The molecular weight excluding hydrogens is 281 g/mol. The Balaban J connectivity index is 2.12. The van der Waals surface area contributed by atoms with Crippen molar-refractivity contribution in [3.8, 4) is 0 Å². The summed E-state index contributed by atoms with van der Waals surface area (Å²) in [4.78, 5) is 15.7. The molecule has 2 aromatic rings. The molecule has 3 heteroatoms. The second-order valence-corrected chi connectivity index (χ2v) is 6.40. The molecule has 0 radical (unpaired) electrons. The van der Waals surface area contributed by atoms with Crippen LogP contribution in [0.3, 0.4) is 0 Å². The highest BCUT2D eigenvalue weighted by molar-refractivity contribution is 6.60. The maximum Gasteiger partial charge on any atom is 0.166 e. The van der Waals surface area contributed by atoms with Gasteiger partial charge in [-0.25, -0.2) is 0 Å². The number of unbranched alkanes of at least 4 members (excludes halogenated alkanes) is 5. The lowest BCUT2D eigenvalue weighted by molar-refractivity contribution is -0.106. The molecule has 0 spiro atoms. The largest absolute Gasteiger partial charge is 0.304 e. The van der Waals surface area contributed by atoms with E-state index in [-0.39, 0.29) is 0 Å². The SMILES string of the molecule is CCCCCCCCc1nc2ccccc2c(BCC=O)c1C. The van der Waals surface area contributed by atoms with Crippen LogP contribution in [0.15, 0.2) is 24.3 Å². The van der Waals surface area contributed by atoms with Gasteiger partial charge in [0.1, 0.15) is 6.29 Å². The Morgan fingerprint density at radius 3 is 2.61 bits per heavy atom. The van der Waals surface area contributed by atoms with Crippen molar-refractivity contribution in [3.05, 3.63) is 35.5 Å². The van der Waals surface area contributed by atoms with Gasteiger partial charge in [0, 0.05) is 5.69 Å². The summed E-state index contributed by atoms with van der Waals surface area (Å²) in [7, 11) is 0.821. The second-order valence-electron chi connectivity index (χ2n) is 6.40. The number of nitrogens with zero attached hydrogens (tertiary/aromatic N) is 1. The first-order valence-electron chi connectivity index (χ1n) is 9.08. The Hall–Kier alpha value is -1.64. The number of aromatic nitrogens is 1. The maximum atomic E-state index is 10.8. The van der Waals surface area contributed by atoms with Gasteiger partial charge in [-0.05, 0) is 43.1 Å². The quantitative estimate of drug-likeness (QED) is 0.375. The van der Waals surface area contributed by atoms with Gasteiger partial charge < -0.3 is 4.79 Å². The molecule has 23 heavy (non-hydrogen) atoms. The number of aryl methyl sites for hydroxylation is 1. The second kappa shape index (κ2) is 9.49. The van der Waals surface area contributed by atoms with Crippen LogP contribution < -0.4 is 5.46 Å². The topological polar surface area (TPSA) is 30.0 Å². The first kappa shape index (κ1) is 17.7. The van der Waals surface area contributed by atoms with Gasteiger partial charge >= 0.3 is 0 Å². The Labute approximate surface area is 140 Å². The fourth-order valence-corrected chi connectivity index (χ4v) is 3.27. The number of hydrogen-bond acceptors (Lipinski definition) is 2. The van der Waals surface area contributed by atoms with Crippen molar-refractivity contribution in [2.24, 2.45) is 0 Å². The third-order valence-electron chi connectivity index (χ3n) is 4.65. The summed E-state index contributed by atoms with van der Waals surface area (Å²) in [5.74, 6) is 0. The Morgan fingerprint density at radius 2 is 1.83 bits per heavy atom. The van der Waals surface area contributed by atoms with Gasteiger partial charge in [0.05, 0.1) is 5.52 Å². The molecule has 0 atom stereocenters. The molecular formula is C20H28BNO. The third kappa shape index (κ3) is 4.92. The summed E-state index contributed by atoms with van der Waals surface area (Å²) in [5, 5.41) is 1.21. The molecule has 1 aromatic heterocycles. The lowest BCUT2D eigenvalue weighted by Gasteiger charge is -2.13. The first-order chi connectivity index (χ1) is 11.3. The van der Waals surface area contributed by atoms with Crippen LogP contribution in [-0.2, 0) is 11.2 Å². The van der Waals surface area contributed by atoms with E-state index in [0.29, 0.717) is 6.32 Å². The smallest absolute Gasteiger partial charge is 0.166 e. The number of pyridine rings is 1. The average Bonchev–Trinajstić information content (AvgIpc) is 2.57. The monoisotopic (exact) mass is 309 g/mol. The number of carbonyl (C=O) groups excluding carboxylic acids is 1. The van der Waals surface area contributed by atoms with E-state index in [1.807, 2.05) is 6.07 Å². The van der Waals surface area contributed by atoms with Crippen LogP contribution in [0.25, 0.3) is 10.9 Å². The van der Waals surface area contributed by atoms with Gasteiger partial charge in [0.2, 0.25) is 0 Å². The molecule has 0 aliphatic heterocycles. The minimum absolute atomic E-state index is 0.589. The van der Waals surface area contributed by atoms with E-state index in [9.17, 15) is 4.79 Å². The van der Waals surface area contributed by atoms with Crippen LogP contribution in [0.2, 0.25) is 6.32 Å². The fourth-order valence-electron chi connectivity index (χ4n) is 3.27. The van der Waals surface area contributed by atoms with E-state index in [4.69, 9.17) is 4.98 Å². The van der Waals surface area contributed by atoms with Crippen LogP contribution in [-0.4, -0.2) is 18.5 Å². The van der Waals surface area contributed by atoms with E-state index < -0.39 is 0 Å². The van der Waals surface area contributed by atoms with Crippen LogP contribution >= 0.6 is 0 Å². The van der Waals surface area contributed by atoms with Crippen molar-refractivity contribution in [1.82, 2.24) is 4.98 Å². The number of para-hydroxylation sites is 1. The van der Waals surface area contributed by atoms with Crippen molar-refractivity contribution in [3.63, 3.8) is 0 Å². The summed E-state index contributed by atoms with van der Waals surface area (Å²) in [6.45, 7) is 4.43. The van der Waals surface area contributed by atoms with Crippen molar-refractivity contribution in [1.29, 1.82) is 0 Å². The minimum atomic E-state index is 0.589. The molecule has 0 aliphatic carbocycles. The normalized spacial score (nSPS) is 10.9. The fraction of sp³-hybridized carbons (Fsp3) is 0.500.